The second kappa shape index (κ2) is 9.97. The number of carbonyl (C=O) groups excluding carboxylic acids is 1. The molecule has 38 heavy (non-hydrogen) atoms. The van der Waals surface area contributed by atoms with E-state index in [4.69, 9.17) is 19.8 Å². The molecule has 1 heterocycles. The first-order valence-electron chi connectivity index (χ1n) is 13.1. The lowest BCUT2D eigenvalue weighted by Gasteiger charge is -2.32. The van der Waals surface area contributed by atoms with Gasteiger partial charge in [0, 0.05) is 18.2 Å². The lowest BCUT2D eigenvalue weighted by molar-refractivity contribution is 0.00578. The number of nitrogens with one attached hydrogen (secondary N) is 1. The molecule has 0 bridgehead atoms. The molecule has 1 fully saturated rings. The van der Waals surface area contributed by atoms with E-state index in [1.165, 1.54) is 22.3 Å². The number of hydrogen-bond acceptors (Lipinski definition) is 5. The van der Waals surface area contributed by atoms with Crippen LogP contribution in [0.3, 0.4) is 0 Å². The average molecular weight is 510 g/mol. The molecule has 3 N–H and O–H groups in total. The maximum absolute atomic E-state index is 12.9. The normalized spacial score (nSPS) is 17.7. The first-order chi connectivity index (χ1) is 18.1. The maximum atomic E-state index is 12.9. The van der Waals surface area contributed by atoms with Gasteiger partial charge in [-0.15, -0.1) is 0 Å². The SMILES string of the molecule is Cc1ccc(C=C(CNC(=O)OCC2c3ccccc3-c3ccccc32)B2OC(C)(C)C(C)(C)O2)c(N)c1. The van der Waals surface area contributed by atoms with E-state index >= 15 is 0 Å². The molecule has 196 valence electrons. The monoisotopic (exact) mass is 510 g/mol. The topological polar surface area (TPSA) is 82.8 Å². The third-order valence-corrected chi connectivity index (χ3v) is 7.92. The van der Waals surface area contributed by atoms with Gasteiger partial charge in [-0.05, 0) is 79.5 Å². The van der Waals surface area contributed by atoms with Gasteiger partial charge in [0.25, 0.3) is 0 Å². The van der Waals surface area contributed by atoms with Gasteiger partial charge in [-0.3, -0.25) is 0 Å². The van der Waals surface area contributed by atoms with E-state index in [2.05, 4.69) is 29.6 Å². The number of nitrogens with two attached hydrogens (primary N) is 1. The number of aryl methyl sites for hydroxylation is 1. The fourth-order valence-electron chi connectivity index (χ4n) is 5.05. The van der Waals surface area contributed by atoms with Crippen LogP contribution in [0.4, 0.5) is 10.5 Å². The molecule has 1 aliphatic heterocycles. The number of alkyl carbamates (subject to hydrolysis) is 1. The highest BCUT2D eigenvalue weighted by molar-refractivity contribution is 6.56. The highest BCUT2D eigenvalue weighted by Crippen LogP contribution is 2.44. The predicted octanol–water partition coefficient (Wildman–Crippen LogP) is 6.13. The van der Waals surface area contributed by atoms with Crippen LogP contribution in [-0.2, 0) is 14.0 Å². The highest BCUT2D eigenvalue weighted by Gasteiger charge is 2.52. The molecule has 3 aromatic carbocycles. The minimum absolute atomic E-state index is 0.00128. The van der Waals surface area contributed by atoms with Crippen LogP contribution in [-0.4, -0.2) is 37.6 Å². The van der Waals surface area contributed by atoms with E-state index in [0.29, 0.717) is 5.69 Å². The van der Waals surface area contributed by atoms with Gasteiger partial charge >= 0.3 is 13.2 Å². The molecule has 7 heteroatoms. The molecule has 0 atom stereocenters. The van der Waals surface area contributed by atoms with Crippen LogP contribution in [0.2, 0.25) is 0 Å². The van der Waals surface area contributed by atoms with Crippen LogP contribution in [0.1, 0.15) is 55.9 Å². The molecule has 0 spiro atoms. The summed E-state index contributed by atoms with van der Waals surface area (Å²) in [5, 5.41) is 2.91. The Balaban J connectivity index is 1.31. The smallest absolute Gasteiger partial charge is 0.449 e. The van der Waals surface area contributed by atoms with Gasteiger partial charge in [0.05, 0.1) is 11.2 Å². The minimum atomic E-state index is -0.630. The van der Waals surface area contributed by atoms with Gasteiger partial charge in [0.15, 0.2) is 0 Å². The zero-order chi connectivity index (χ0) is 27.1. The van der Waals surface area contributed by atoms with Crippen molar-refractivity contribution in [1.82, 2.24) is 5.32 Å². The van der Waals surface area contributed by atoms with Crippen molar-refractivity contribution in [1.29, 1.82) is 0 Å². The Morgan fingerprint density at radius 2 is 1.55 bits per heavy atom. The summed E-state index contributed by atoms with van der Waals surface area (Å²) in [5.74, 6) is -0.00128. The summed E-state index contributed by atoms with van der Waals surface area (Å²) in [6.45, 7) is 10.5. The standard InChI is InChI=1S/C31H35BN2O4/c1-20-14-15-21(28(33)16-20)17-22(32-37-30(2,3)31(4,5)38-32)18-34-29(35)36-19-27-25-12-8-6-10-23(25)24-11-7-9-13-26(24)27/h6-17,27H,18-19,33H2,1-5H3,(H,34,35). The van der Waals surface area contributed by atoms with Crippen molar-refractivity contribution in [2.75, 3.05) is 18.9 Å². The largest absolute Gasteiger partial charge is 0.492 e. The van der Waals surface area contributed by atoms with Crippen molar-refractivity contribution in [2.45, 2.75) is 51.7 Å². The molecular formula is C31H35BN2O4. The van der Waals surface area contributed by atoms with Crippen molar-refractivity contribution in [3.63, 3.8) is 0 Å². The van der Waals surface area contributed by atoms with Crippen LogP contribution in [0, 0.1) is 6.92 Å². The second-order valence-corrected chi connectivity index (χ2v) is 11.1. The van der Waals surface area contributed by atoms with Crippen molar-refractivity contribution >= 4 is 25.0 Å². The Labute approximate surface area is 225 Å². The number of hydrogen-bond donors (Lipinski definition) is 2. The van der Waals surface area contributed by atoms with E-state index < -0.39 is 24.4 Å². The Kier molecular flexibility index (Phi) is 6.84. The number of carbonyl (C=O) groups is 1. The van der Waals surface area contributed by atoms with Crippen LogP contribution >= 0.6 is 0 Å². The van der Waals surface area contributed by atoms with Crippen LogP contribution in [0.25, 0.3) is 17.2 Å². The highest BCUT2D eigenvalue weighted by atomic mass is 16.7. The molecule has 0 aromatic heterocycles. The molecule has 3 aromatic rings. The summed E-state index contributed by atoms with van der Waals surface area (Å²) in [7, 11) is -0.630. The van der Waals surface area contributed by atoms with Crippen molar-refractivity contribution in [3.05, 3.63) is 94.5 Å². The molecule has 1 saturated heterocycles. The molecule has 0 radical (unpaired) electrons. The molecule has 1 amide bonds. The lowest BCUT2D eigenvalue weighted by atomic mass is 9.77. The Hall–Kier alpha value is -3.55. The van der Waals surface area contributed by atoms with Gasteiger partial charge in [-0.25, -0.2) is 4.79 Å². The second-order valence-electron chi connectivity index (χ2n) is 11.1. The number of amides is 1. The van der Waals surface area contributed by atoms with E-state index in [0.717, 1.165) is 16.6 Å². The number of rotatable bonds is 6. The van der Waals surface area contributed by atoms with Crippen LogP contribution < -0.4 is 11.1 Å². The fourth-order valence-corrected chi connectivity index (χ4v) is 5.05. The molecule has 5 rings (SSSR count). The number of benzene rings is 3. The zero-order valence-corrected chi connectivity index (χ0v) is 22.7. The first-order valence-corrected chi connectivity index (χ1v) is 13.1. The van der Waals surface area contributed by atoms with E-state index in [1.54, 1.807) is 0 Å². The minimum Gasteiger partial charge on any atom is -0.449 e. The molecular weight excluding hydrogens is 475 g/mol. The Morgan fingerprint density at radius 3 is 2.13 bits per heavy atom. The van der Waals surface area contributed by atoms with Crippen molar-refractivity contribution in [2.24, 2.45) is 0 Å². The van der Waals surface area contributed by atoms with Gasteiger partial charge < -0.3 is 25.1 Å². The van der Waals surface area contributed by atoms with Gasteiger partial charge in [-0.2, -0.15) is 0 Å². The summed E-state index contributed by atoms with van der Waals surface area (Å²) >= 11 is 0. The summed E-state index contributed by atoms with van der Waals surface area (Å²) in [4.78, 5) is 12.9. The fraction of sp³-hybridized carbons (Fsp3) is 0.323. The van der Waals surface area contributed by atoms with E-state index in [9.17, 15) is 4.79 Å². The Bertz CT molecular complexity index is 1340. The van der Waals surface area contributed by atoms with Gasteiger partial charge in [0.1, 0.15) is 6.61 Å². The number of nitrogen functional groups attached to an aromatic ring is 1. The lowest BCUT2D eigenvalue weighted by Crippen LogP contribution is -2.41. The molecule has 2 aliphatic rings. The molecule has 0 unspecified atom stereocenters. The number of fused-ring (bicyclic) bond motifs is 3. The molecule has 1 aliphatic carbocycles. The summed E-state index contributed by atoms with van der Waals surface area (Å²) in [6, 6.07) is 22.5. The predicted molar refractivity (Wildman–Crippen MR) is 153 cm³/mol. The van der Waals surface area contributed by atoms with E-state index in [-0.39, 0.29) is 19.1 Å². The van der Waals surface area contributed by atoms with Gasteiger partial charge in [-0.1, -0.05) is 66.7 Å². The van der Waals surface area contributed by atoms with Gasteiger partial charge in [0.2, 0.25) is 0 Å². The van der Waals surface area contributed by atoms with Crippen LogP contribution in [0.15, 0.2) is 72.2 Å². The molecule has 6 nitrogen and oxygen atoms in total. The Morgan fingerprint density at radius 1 is 0.974 bits per heavy atom. The quantitative estimate of drug-likeness (QED) is 0.308. The maximum Gasteiger partial charge on any atom is 0.492 e. The summed E-state index contributed by atoms with van der Waals surface area (Å²) in [6.07, 6.45) is 1.44. The van der Waals surface area contributed by atoms with Crippen LogP contribution in [0.5, 0.6) is 0 Å². The summed E-state index contributed by atoms with van der Waals surface area (Å²) < 4.78 is 18.3. The summed E-state index contributed by atoms with van der Waals surface area (Å²) in [5.41, 5.74) is 13.3. The third-order valence-electron chi connectivity index (χ3n) is 7.92. The third kappa shape index (κ3) is 4.96. The average Bonchev–Trinajstić information content (AvgIpc) is 3.30. The first kappa shape index (κ1) is 26.1. The van der Waals surface area contributed by atoms with E-state index in [1.807, 2.05) is 83.2 Å². The van der Waals surface area contributed by atoms with Crippen molar-refractivity contribution in [3.8, 4) is 11.1 Å². The zero-order valence-electron chi connectivity index (χ0n) is 22.7. The number of anilines is 1. The molecule has 0 saturated carbocycles. The van der Waals surface area contributed by atoms with Crippen molar-refractivity contribution < 1.29 is 18.8 Å². The number of ether oxygens (including phenoxy) is 1.